The second-order valence-corrected chi connectivity index (χ2v) is 7.65. The molecule has 0 atom stereocenters. The van der Waals surface area contributed by atoms with E-state index in [9.17, 15) is 9.59 Å². The van der Waals surface area contributed by atoms with Crippen LogP contribution in [0.2, 0.25) is 0 Å². The molecule has 3 aromatic rings. The van der Waals surface area contributed by atoms with Crippen LogP contribution in [0.5, 0.6) is 5.75 Å². The molecule has 2 N–H and O–H groups in total. The van der Waals surface area contributed by atoms with Crippen LogP contribution in [-0.2, 0) is 11.3 Å². The molecule has 9 heteroatoms. The van der Waals surface area contributed by atoms with E-state index in [2.05, 4.69) is 25.2 Å². The van der Waals surface area contributed by atoms with Gasteiger partial charge in [-0.25, -0.2) is 4.98 Å². The number of anilines is 1. The molecule has 28 heavy (non-hydrogen) atoms. The smallest absolute Gasteiger partial charge is 0.270 e. The summed E-state index contributed by atoms with van der Waals surface area (Å²) in [6, 6.07) is 7.67. The number of ether oxygens (including phenoxy) is 1. The highest BCUT2D eigenvalue weighted by atomic mass is 32.1. The number of H-pyrrole nitrogens is 1. The fraction of sp³-hybridized carbons (Fsp3) is 0.368. The molecule has 3 heterocycles. The molecule has 1 amide bonds. The molecule has 1 saturated heterocycles. The lowest BCUT2D eigenvalue weighted by Crippen LogP contribution is -2.40. The molecule has 1 aliphatic heterocycles. The van der Waals surface area contributed by atoms with Crippen molar-refractivity contribution in [3.05, 3.63) is 46.5 Å². The van der Waals surface area contributed by atoms with Crippen LogP contribution in [0.1, 0.15) is 18.4 Å². The largest absolute Gasteiger partial charge is 0.496 e. The van der Waals surface area contributed by atoms with Gasteiger partial charge in [-0.15, -0.1) is 0 Å². The monoisotopic (exact) mass is 399 g/mol. The lowest BCUT2D eigenvalue weighted by Gasteiger charge is -2.31. The summed E-state index contributed by atoms with van der Waals surface area (Å²) >= 11 is 1.35. The van der Waals surface area contributed by atoms with Gasteiger partial charge in [0.15, 0.2) is 10.8 Å². The van der Waals surface area contributed by atoms with Gasteiger partial charge in [-0.05, 0) is 18.9 Å². The second kappa shape index (κ2) is 7.97. The molecule has 0 radical (unpaired) electrons. The summed E-state index contributed by atoms with van der Waals surface area (Å²) in [7, 11) is 1.63. The number of aromatic amines is 1. The van der Waals surface area contributed by atoms with Crippen LogP contribution in [0, 0.1) is 5.92 Å². The first-order valence-electron chi connectivity index (χ1n) is 9.14. The van der Waals surface area contributed by atoms with Crippen molar-refractivity contribution in [1.29, 1.82) is 0 Å². The molecule has 1 fully saturated rings. The third-order valence-electron chi connectivity index (χ3n) is 4.97. The summed E-state index contributed by atoms with van der Waals surface area (Å²) in [5, 5.41) is 3.81. The van der Waals surface area contributed by atoms with Gasteiger partial charge < -0.3 is 19.9 Å². The van der Waals surface area contributed by atoms with Crippen molar-refractivity contribution < 1.29 is 9.53 Å². The molecule has 0 saturated carbocycles. The van der Waals surface area contributed by atoms with Crippen molar-refractivity contribution >= 4 is 32.7 Å². The number of hydrogen-bond acceptors (Lipinski definition) is 7. The van der Waals surface area contributed by atoms with Crippen molar-refractivity contribution in [2.45, 2.75) is 19.4 Å². The minimum absolute atomic E-state index is 0.0261. The highest BCUT2D eigenvalue weighted by molar-refractivity contribution is 7.22. The fourth-order valence-electron chi connectivity index (χ4n) is 3.40. The first-order valence-corrected chi connectivity index (χ1v) is 9.96. The van der Waals surface area contributed by atoms with Crippen molar-refractivity contribution in [2.75, 3.05) is 25.1 Å². The first kappa shape index (κ1) is 18.4. The fourth-order valence-corrected chi connectivity index (χ4v) is 4.37. The molecule has 1 aromatic carbocycles. The van der Waals surface area contributed by atoms with Crippen molar-refractivity contribution in [1.82, 2.24) is 20.3 Å². The van der Waals surface area contributed by atoms with Crippen LogP contribution in [-0.4, -0.2) is 41.1 Å². The van der Waals surface area contributed by atoms with Gasteiger partial charge in [0.05, 0.1) is 13.4 Å². The Balaban J connectivity index is 1.35. The average molecular weight is 399 g/mol. The zero-order valence-corrected chi connectivity index (χ0v) is 16.3. The van der Waals surface area contributed by atoms with Gasteiger partial charge >= 0.3 is 0 Å². The van der Waals surface area contributed by atoms with Crippen LogP contribution in [0.25, 0.3) is 10.3 Å². The van der Waals surface area contributed by atoms with Crippen molar-refractivity contribution in [2.24, 2.45) is 5.92 Å². The molecular weight excluding hydrogens is 378 g/mol. The van der Waals surface area contributed by atoms with E-state index in [0.717, 1.165) is 42.4 Å². The lowest BCUT2D eigenvalue weighted by molar-refractivity contribution is -0.125. The molecule has 4 rings (SSSR count). The Morgan fingerprint density at radius 3 is 2.89 bits per heavy atom. The third-order valence-corrected chi connectivity index (χ3v) is 6.07. The lowest BCUT2D eigenvalue weighted by atomic mass is 9.96. The topological polar surface area (TPSA) is 100 Å². The number of fused-ring (bicyclic) bond motifs is 1. The number of para-hydroxylation sites is 1. The number of carbonyl (C=O) groups is 1. The number of nitrogens with one attached hydrogen (secondary N) is 2. The molecule has 0 aliphatic carbocycles. The minimum atomic E-state index is -0.167. The first-order chi connectivity index (χ1) is 13.7. The number of hydrogen-bond donors (Lipinski definition) is 2. The molecule has 1 aliphatic rings. The predicted octanol–water partition coefficient (Wildman–Crippen LogP) is 1.92. The summed E-state index contributed by atoms with van der Waals surface area (Å²) in [4.78, 5) is 37.7. The number of amides is 1. The Bertz CT molecular complexity index is 1040. The Hall–Kier alpha value is -2.94. The average Bonchev–Trinajstić information content (AvgIpc) is 3.18. The summed E-state index contributed by atoms with van der Waals surface area (Å²) in [5.74, 6) is 0.812. The SMILES string of the molecule is COc1ccccc1CNC(=O)C1CCN(c2nc3nc[nH]c(=O)c3s2)CC1. The summed E-state index contributed by atoms with van der Waals surface area (Å²) in [6.45, 7) is 1.91. The van der Waals surface area contributed by atoms with Crippen molar-refractivity contribution in [3.8, 4) is 5.75 Å². The summed E-state index contributed by atoms with van der Waals surface area (Å²) in [6.07, 6.45) is 2.86. The van der Waals surface area contributed by atoms with E-state index in [-0.39, 0.29) is 17.4 Å². The van der Waals surface area contributed by atoms with E-state index >= 15 is 0 Å². The summed E-state index contributed by atoms with van der Waals surface area (Å²) < 4.78 is 5.86. The Labute approximate surface area is 165 Å². The quantitative estimate of drug-likeness (QED) is 0.680. The Kier molecular flexibility index (Phi) is 5.25. The number of piperidine rings is 1. The van der Waals surface area contributed by atoms with Gasteiger partial charge in [0.2, 0.25) is 5.91 Å². The maximum atomic E-state index is 12.6. The maximum Gasteiger partial charge on any atom is 0.270 e. The van der Waals surface area contributed by atoms with Gasteiger partial charge in [0.25, 0.3) is 5.56 Å². The van der Waals surface area contributed by atoms with E-state index in [1.807, 2.05) is 24.3 Å². The van der Waals surface area contributed by atoms with E-state index < -0.39 is 0 Å². The van der Waals surface area contributed by atoms with Crippen LogP contribution in [0.15, 0.2) is 35.4 Å². The van der Waals surface area contributed by atoms with Crippen LogP contribution < -0.4 is 20.5 Å². The highest BCUT2D eigenvalue weighted by Crippen LogP contribution is 2.29. The van der Waals surface area contributed by atoms with E-state index in [1.165, 1.54) is 17.7 Å². The normalized spacial score (nSPS) is 15.0. The van der Waals surface area contributed by atoms with E-state index in [0.29, 0.717) is 16.9 Å². The Morgan fingerprint density at radius 1 is 1.36 bits per heavy atom. The zero-order chi connectivity index (χ0) is 19.5. The summed E-state index contributed by atoms with van der Waals surface area (Å²) in [5.41, 5.74) is 1.27. The van der Waals surface area contributed by atoms with Crippen LogP contribution in [0.3, 0.4) is 0 Å². The van der Waals surface area contributed by atoms with Gasteiger partial charge in [-0.2, -0.15) is 4.98 Å². The van der Waals surface area contributed by atoms with Gasteiger partial charge in [0.1, 0.15) is 10.4 Å². The number of nitrogens with zero attached hydrogens (tertiary/aromatic N) is 3. The number of aromatic nitrogens is 3. The van der Waals surface area contributed by atoms with E-state index in [1.54, 1.807) is 7.11 Å². The minimum Gasteiger partial charge on any atom is -0.496 e. The molecule has 0 spiro atoms. The van der Waals surface area contributed by atoms with Gasteiger partial charge in [-0.1, -0.05) is 29.5 Å². The second-order valence-electron chi connectivity index (χ2n) is 6.67. The number of methoxy groups -OCH3 is 1. The molecule has 0 unspecified atom stereocenters. The van der Waals surface area contributed by atoms with Crippen LogP contribution in [0.4, 0.5) is 5.13 Å². The molecular formula is C19H21N5O3S. The number of benzene rings is 1. The van der Waals surface area contributed by atoms with E-state index in [4.69, 9.17) is 4.74 Å². The maximum absolute atomic E-state index is 12.6. The molecule has 0 bridgehead atoms. The third kappa shape index (κ3) is 3.70. The molecule has 146 valence electrons. The predicted molar refractivity (Wildman–Crippen MR) is 108 cm³/mol. The van der Waals surface area contributed by atoms with Gasteiger partial charge in [-0.3, -0.25) is 9.59 Å². The van der Waals surface area contributed by atoms with Gasteiger partial charge in [0, 0.05) is 31.1 Å². The zero-order valence-electron chi connectivity index (χ0n) is 15.5. The standard InChI is InChI=1S/C19H21N5O3S/c1-27-14-5-3-2-4-13(14)10-20-17(25)12-6-8-24(9-7-12)19-23-16-15(28-19)18(26)22-11-21-16/h2-5,11-12H,6-10H2,1H3,(H,20,25)(H,21,22,26). The van der Waals surface area contributed by atoms with Crippen molar-refractivity contribution in [3.63, 3.8) is 0 Å². The highest BCUT2D eigenvalue weighted by Gasteiger charge is 2.26. The Morgan fingerprint density at radius 2 is 2.14 bits per heavy atom. The van der Waals surface area contributed by atoms with Crippen LogP contribution >= 0.6 is 11.3 Å². The number of thiazole rings is 1. The molecule has 8 nitrogen and oxygen atoms in total. The number of rotatable bonds is 5. The molecule has 2 aromatic heterocycles. The number of carbonyl (C=O) groups excluding carboxylic acids is 1.